The maximum absolute atomic E-state index is 8.98. The summed E-state index contributed by atoms with van der Waals surface area (Å²) >= 11 is 0. The highest BCUT2D eigenvalue weighted by Crippen LogP contribution is 2.14. The minimum absolute atomic E-state index is 0.0547. The molecule has 0 bridgehead atoms. The van der Waals surface area contributed by atoms with Crippen molar-refractivity contribution in [3.8, 4) is 18.2 Å². The Labute approximate surface area is 122 Å². The normalized spacial score (nSPS) is 12.7. The fourth-order valence-corrected chi connectivity index (χ4v) is 1.86. The lowest BCUT2D eigenvalue weighted by Gasteiger charge is -2.15. The first-order chi connectivity index (χ1) is 10.3. The van der Waals surface area contributed by atoms with Crippen molar-refractivity contribution < 1.29 is 0 Å². The van der Waals surface area contributed by atoms with Crippen molar-refractivity contribution >= 4 is 11.5 Å². The summed E-state index contributed by atoms with van der Waals surface area (Å²) in [6.45, 7) is 1.73. The lowest BCUT2D eigenvalue weighted by Crippen LogP contribution is -2.30. The second-order valence-electron chi connectivity index (χ2n) is 4.30. The van der Waals surface area contributed by atoms with Crippen molar-refractivity contribution in [1.29, 1.82) is 15.8 Å². The van der Waals surface area contributed by atoms with E-state index < -0.39 is 0 Å². The van der Waals surface area contributed by atoms with Crippen molar-refractivity contribution in [1.82, 2.24) is 5.32 Å². The molecule has 1 aliphatic rings. The van der Waals surface area contributed by atoms with E-state index in [-0.39, 0.29) is 11.3 Å². The Bertz CT molecular complexity index is 691. The molecule has 2 N–H and O–H groups in total. The van der Waals surface area contributed by atoms with Crippen molar-refractivity contribution in [2.75, 3.05) is 18.4 Å². The number of hydrogen-bond acceptors (Lipinski definition) is 6. The van der Waals surface area contributed by atoms with Gasteiger partial charge in [-0.2, -0.15) is 15.8 Å². The molecule has 21 heavy (non-hydrogen) atoms. The molecule has 0 fully saturated rings. The highest BCUT2D eigenvalue weighted by Gasteiger charge is 2.08. The number of nitriles is 3. The molecular formula is C15H12N6. The lowest BCUT2D eigenvalue weighted by molar-refractivity contribution is 0.742. The van der Waals surface area contributed by atoms with Crippen LogP contribution in [0.15, 0.2) is 40.5 Å². The van der Waals surface area contributed by atoms with E-state index in [2.05, 4.69) is 15.6 Å². The Morgan fingerprint density at radius 2 is 1.81 bits per heavy atom. The second-order valence-corrected chi connectivity index (χ2v) is 4.30. The molecule has 6 nitrogen and oxygen atoms in total. The monoisotopic (exact) mass is 276 g/mol. The standard InChI is InChI=1S/C15H12N6/c16-8-12(9-17)14(10-18)21-13-4-2-11(3-5-13)15-19-6-1-7-20-15/h2-5,21H,1,6-7H2,(H,19,20). The highest BCUT2D eigenvalue weighted by atomic mass is 15.0. The molecule has 0 aromatic heterocycles. The largest absolute Gasteiger partial charge is 0.370 e. The first kappa shape index (κ1) is 14.1. The van der Waals surface area contributed by atoms with Crippen LogP contribution in [-0.2, 0) is 0 Å². The van der Waals surface area contributed by atoms with Gasteiger partial charge in [-0.25, -0.2) is 0 Å². The zero-order valence-electron chi connectivity index (χ0n) is 11.2. The summed E-state index contributed by atoms with van der Waals surface area (Å²) in [4.78, 5) is 4.40. The minimum Gasteiger partial charge on any atom is -0.370 e. The van der Waals surface area contributed by atoms with E-state index in [1.165, 1.54) is 0 Å². The number of allylic oxidation sites excluding steroid dienone is 2. The van der Waals surface area contributed by atoms with Crippen molar-refractivity contribution in [3.05, 3.63) is 41.1 Å². The van der Waals surface area contributed by atoms with Crippen LogP contribution in [0.5, 0.6) is 0 Å². The number of anilines is 1. The molecule has 1 aromatic carbocycles. The maximum atomic E-state index is 8.98. The molecule has 1 heterocycles. The van der Waals surface area contributed by atoms with Gasteiger partial charge in [-0.1, -0.05) is 0 Å². The number of rotatable bonds is 3. The molecule has 0 saturated heterocycles. The lowest BCUT2D eigenvalue weighted by atomic mass is 10.1. The molecular weight excluding hydrogens is 264 g/mol. The average molecular weight is 276 g/mol. The molecule has 0 spiro atoms. The highest BCUT2D eigenvalue weighted by molar-refractivity contribution is 5.99. The predicted molar refractivity (Wildman–Crippen MR) is 78.0 cm³/mol. The van der Waals surface area contributed by atoms with E-state index in [1.54, 1.807) is 24.3 Å². The fraction of sp³-hybridized carbons (Fsp3) is 0.200. The van der Waals surface area contributed by atoms with E-state index >= 15 is 0 Å². The van der Waals surface area contributed by atoms with Crippen LogP contribution in [0.3, 0.4) is 0 Å². The maximum Gasteiger partial charge on any atom is 0.163 e. The van der Waals surface area contributed by atoms with E-state index in [1.807, 2.05) is 18.2 Å². The van der Waals surface area contributed by atoms with Crippen molar-refractivity contribution in [3.63, 3.8) is 0 Å². The average Bonchev–Trinajstić information content (AvgIpc) is 2.56. The van der Waals surface area contributed by atoms with E-state index in [0.29, 0.717) is 5.69 Å². The summed E-state index contributed by atoms with van der Waals surface area (Å²) in [7, 11) is 0. The zero-order chi connectivity index (χ0) is 15.1. The first-order valence-corrected chi connectivity index (χ1v) is 6.39. The van der Waals surface area contributed by atoms with Crippen molar-refractivity contribution in [2.24, 2.45) is 4.99 Å². The number of nitrogens with one attached hydrogen (secondary N) is 2. The summed E-state index contributed by atoms with van der Waals surface area (Å²) in [5.74, 6) is 0.860. The van der Waals surface area contributed by atoms with Crippen LogP contribution in [0.1, 0.15) is 12.0 Å². The van der Waals surface area contributed by atoms with Crippen molar-refractivity contribution in [2.45, 2.75) is 6.42 Å². The van der Waals surface area contributed by atoms with Gasteiger partial charge in [0.15, 0.2) is 5.57 Å². The van der Waals surface area contributed by atoms with Gasteiger partial charge in [-0.05, 0) is 30.7 Å². The van der Waals surface area contributed by atoms with Gasteiger partial charge in [0.1, 0.15) is 29.7 Å². The molecule has 0 amide bonds. The fourth-order valence-electron chi connectivity index (χ4n) is 1.86. The third-order valence-corrected chi connectivity index (χ3v) is 2.91. The van der Waals surface area contributed by atoms with Crippen LogP contribution in [0, 0.1) is 34.0 Å². The number of hydrogen-bond donors (Lipinski definition) is 2. The Kier molecular flexibility index (Phi) is 4.54. The molecule has 0 unspecified atom stereocenters. The SMILES string of the molecule is N#CC(C#N)=C(C#N)Nc1ccc(C2=NCCCN2)cc1. The number of aliphatic imine (C=N–C) groups is 1. The Hall–Kier alpha value is -3.30. The molecule has 1 aromatic rings. The molecule has 0 atom stereocenters. The van der Waals surface area contributed by atoms with Crippen LogP contribution in [0.4, 0.5) is 5.69 Å². The van der Waals surface area contributed by atoms with E-state index in [0.717, 1.165) is 30.9 Å². The van der Waals surface area contributed by atoms with E-state index in [9.17, 15) is 0 Å². The Balaban J connectivity index is 2.19. The van der Waals surface area contributed by atoms with Crippen LogP contribution in [0.2, 0.25) is 0 Å². The smallest absolute Gasteiger partial charge is 0.163 e. The summed E-state index contributed by atoms with van der Waals surface area (Å²) in [6, 6.07) is 12.5. The van der Waals surface area contributed by atoms with Gasteiger partial charge in [0.2, 0.25) is 0 Å². The number of benzene rings is 1. The number of amidine groups is 1. The zero-order valence-corrected chi connectivity index (χ0v) is 11.2. The molecule has 0 radical (unpaired) electrons. The minimum atomic E-state index is -0.236. The van der Waals surface area contributed by atoms with Crippen LogP contribution < -0.4 is 10.6 Å². The molecule has 102 valence electrons. The first-order valence-electron chi connectivity index (χ1n) is 6.39. The summed E-state index contributed by atoms with van der Waals surface area (Å²) in [6.07, 6.45) is 1.03. The van der Waals surface area contributed by atoms with Gasteiger partial charge in [0.05, 0.1) is 0 Å². The summed E-state index contributed by atoms with van der Waals surface area (Å²) < 4.78 is 0. The molecule has 1 aliphatic heterocycles. The van der Waals surface area contributed by atoms with Crippen LogP contribution in [-0.4, -0.2) is 18.9 Å². The van der Waals surface area contributed by atoms with Gasteiger partial charge in [-0.3, -0.25) is 4.99 Å². The van der Waals surface area contributed by atoms with Crippen LogP contribution >= 0.6 is 0 Å². The summed E-state index contributed by atoms with van der Waals surface area (Å²) in [5.41, 5.74) is 1.30. The predicted octanol–water partition coefficient (Wildman–Crippen LogP) is 1.66. The van der Waals surface area contributed by atoms with Gasteiger partial charge in [0.25, 0.3) is 0 Å². The molecule has 0 saturated carbocycles. The van der Waals surface area contributed by atoms with E-state index in [4.69, 9.17) is 15.8 Å². The molecule has 0 aliphatic carbocycles. The quantitative estimate of drug-likeness (QED) is 0.816. The Morgan fingerprint density at radius 3 is 2.33 bits per heavy atom. The summed E-state index contributed by atoms with van der Waals surface area (Å²) in [5, 5.41) is 32.5. The second kappa shape index (κ2) is 6.75. The number of nitrogens with zero attached hydrogens (tertiary/aromatic N) is 4. The molecule has 6 heteroatoms. The topological polar surface area (TPSA) is 108 Å². The third kappa shape index (κ3) is 3.37. The van der Waals surface area contributed by atoms with Gasteiger partial charge < -0.3 is 10.6 Å². The molecule has 2 rings (SSSR count). The Morgan fingerprint density at radius 1 is 1.10 bits per heavy atom. The van der Waals surface area contributed by atoms with Gasteiger partial charge in [0, 0.05) is 24.3 Å². The van der Waals surface area contributed by atoms with Crippen LogP contribution in [0.25, 0.3) is 0 Å². The third-order valence-electron chi connectivity index (χ3n) is 2.91. The van der Waals surface area contributed by atoms with Gasteiger partial charge in [-0.15, -0.1) is 0 Å². The van der Waals surface area contributed by atoms with Gasteiger partial charge >= 0.3 is 0 Å².